The summed E-state index contributed by atoms with van der Waals surface area (Å²) in [5.41, 5.74) is -1.08. The van der Waals surface area contributed by atoms with Crippen LogP contribution in [0.2, 0.25) is 0 Å². The minimum absolute atomic E-state index is 0.0850. The van der Waals surface area contributed by atoms with Crippen LogP contribution in [-0.2, 0) is 26.4 Å². The van der Waals surface area contributed by atoms with Gasteiger partial charge in [0.15, 0.2) is 0 Å². The second kappa shape index (κ2) is 11.7. The van der Waals surface area contributed by atoms with E-state index in [1.165, 1.54) is 17.6 Å². The fourth-order valence-electron chi connectivity index (χ4n) is 5.90. The van der Waals surface area contributed by atoms with Crippen molar-refractivity contribution >= 4 is 27.5 Å². The molecule has 0 radical (unpaired) electrons. The standard InChI is InChI=1S/C31H36N4O7S/c1-19-24-27(36)35(31(2,3)29(37)33-13-7-14-33)30(38)34(28(24)43-25(19)26-32-12-17-41-26)18-23(42-20-10-15-40-16-11-20)21-8-5-6-9-22(21)39-4/h5-6,8-9,12,17,20,23H,7,10-11,13-16,18H2,1-4H3/t23-/m1/s1. The Labute approximate surface area is 252 Å². The molecular formula is C31H36N4O7S. The van der Waals surface area contributed by atoms with Crippen molar-refractivity contribution in [3.8, 4) is 16.5 Å². The topological polar surface area (TPSA) is 118 Å². The molecule has 2 fully saturated rings. The number of methoxy groups -OCH3 is 1. The molecule has 43 heavy (non-hydrogen) atoms. The molecule has 228 valence electrons. The van der Waals surface area contributed by atoms with Gasteiger partial charge in [0, 0.05) is 31.9 Å². The Morgan fingerprint density at radius 3 is 2.58 bits per heavy atom. The van der Waals surface area contributed by atoms with Crippen LogP contribution in [0.5, 0.6) is 5.75 Å². The molecule has 5 heterocycles. The lowest BCUT2D eigenvalue weighted by molar-refractivity contribution is -0.143. The van der Waals surface area contributed by atoms with Gasteiger partial charge in [-0.05, 0) is 51.7 Å². The van der Waals surface area contributed by atoms with Gasteiger partial charge in [-0.1, -0.05) is 18.2 Å². The van der Waals surface area contributed by atoms with Crippen LogP contribution in [0.4, 0.5) is 0 Å². The number of ether oxygens (including phenoxy) is 3. The van der Waals surface area contributed by atoms with E-state index < -0.39 is 22.9 Å². The Morgan fingerprint density at radius 2 is 1.93 bits per heavy atom. The summed E-state index contributed by atoms with van der Waals surface area (Å²) in [7, 11) is 1.60. The summed E-state index contributed by atoms with van der Waals surface area (Å²) in [6.45, 7) is 7.58. The van der Waals surface area contributed by atoms with Crippen LogP contribution in [0.1, 0.15) is 50.3 Å². The maximum atomic E-state index is 14.5. The van der Waals surface area contributed by atoms with Gasteiger partial charge in [-0.15, -0.1) is 11.3 Å². The van der Waals surface area contributed by atoms with Gasteiger partial charge >= 0.3 is 5.69 Å². The number of fused-ring (bicyclic) bond motifs is 1. The van der Waals surface area contributed by atoms with E-state index in [-0.39, 0.29) is 18.6 Å². The first-order valence-corrected chi connectivity index (χ1v) is 15.4. The van der Waals surface area contributed by atoms with Crippen molar-refractivity contribution < 1.29 is 23.4 Å². The smallest absolute Gasteiger partial charge is 0.333 e. The van der Waals surface area contributed by atoms with Crippen LogP contribution < -0.4 is 16.0 Å². The van der Waals surface area contributed by atoms with Crippen LogP contribution in [0, 0.1) is 6.92 Å². The summed E-state index contributed by atoms with van der Waals surface area (Å²) in [6, 6.07) is 7.58. The normalized spacial score (nSPS) is 16.8. The Balaban J connectivity index is 1.57. The summed E-state index contributed by atoms with van der Waals surface area (Å²) in [4.78, 5) is 49.5. The van der Waals surface area contributed by atoms with Crippen molar-refractivity contribution in [1.82, 2.24) is 19.0 Å². The lowest BCUT2D eigenvalue weighted by Gasteiger charge is -2.38. The Kier molecular flexibility index (Phi) is 8.01. The highest BCUT2D eigenvalue weighted by atomic mass is 32.1. The third-order valence-electron chi connectivity index (χ3n) is 8.42. The Bertz CT molecular complexity index is 1740. The van der Waals surface area contributed by atoms with Crippen LogP contribution in [0.15, 0.2) is 50.7 Å². The number of benzene rings is 1. The number of nitrogens with zero attached hydrogens (tertiary/aromatic N) is 4. The van der Waals surface area contributed by atoms with E-state index in [1.807, 2.05) is 31.2 Å². The number of hydrogen-bond donors (Lipinski definition) is 0. The van der Waals surface area contributed by atoms with Crippen LogP contribution in [-0.4, -0.2) is 64.4 Å². The average molecular weight is 609 g/mol. The number of thiophene rings is 1. The first-order valence-electron chi connectivity index (χ1n) is 14.6. The highest BCUT2D eigenvalue weighted by Crippen LogP contribution is 2.38. The van der Waals surface area contributed by atoms with E-state index in [0.29, 0.717) is 58.6 Å². The first-order chi connectivity index (χ1) is 20.7. The monoisotopic (exact) mass is 608 g/mol. The van der Waals surface area contributed by atoms with Crippen molar-refractivity contribution in [3.05, 3.63) is 68.7 Å². The van der Waals surface area contributed by atoms with Gasteiger partial charge in [0.05, 0.1) is 36.2 Å². The number of para-hydroxylation sites is 1. The van der Waals surface area contributed by atoms with E-state index in [2.05, 4.69) is 4.98 Å². The highest BCUT2D eigenvalue weighted by Gasteiger charge is 2.40. The molecule has 0 bridgehead atoms. The molecule has 11 nitrogen and oxygen atoms in total. The largest absolute Gasteiger partial charge is 0.496 e. The minimum atomic E-state index is -1.41. The maximum Gasteiger partial charge on any atom is 0.333 e. The second-order valence-corrected chi connectivity index (χ2v) is 12.5. The molecule has 0 spiro atoms. The zero-order valence-corrected chi connectivity index (χ0v) is 25.6. The molecular weight excluding hydrogens is 572 g/mol. The fourth-order valence-corrected chi connectivity index (χ4v) is 7.14. The Hall–Kier alpha value is -3.74. The Morgan fingerprint density at radius 1 is 1.19 bits per heavy atom. The van der Waals surface area contributed by atoms with Crippen LogP contribution in [0.25, 0.3) is 21.0 Å². The van der Waals surface area contributed by atoms with Crippen molar-refractivity contribution in [2.45, 2.75) is 64.3 Å². The van der Waals surface area contributed by atoms with Gasteiger partial charge in [-0.3, -0.25) is 14.2 Å². The predicted octanol–water partition coefficient (Wildman–Crippen LogP) is 4.10. The van der Waals surface area contributed by atoms with Crippen LogP contribution >= 0.6 is 11.3 Å². The number of hydrogen-bond acceptors (Lipinski definition) is 9. The van der Waals surface area contributed by atoms with Crippen molar-refractivity contribution in [1.29, 1.82) is 0 Å². The van der Waals surface area contributed by atoms with Crippen molar-refractivity contribution in [2.24, 2.45) is 0 Å². The molecule has 6 rings (SSSR count). The molecule has 2 saturated heterocycles. The maximum absolute atomic E-state index is 14.5. The van der Waals surface area contributed by atoms with Crippen molar-refractivity contribution in [3.63, 3.8) is 0 Å². The summed E-state index contributed by atoms with van der Waals surface area (Å²) in [6.07, 6.45) is 4.68. The quantitative estimate of drug-likeness (QED) is 0.279. The number of amides is 1. The molecule has 12 heteroatoms. The molecule has 3 aromatic heterocycles. The number of carbonyl (C=O) groups is 1. The molecule has 1 amide bonds. The summed E-state index contributed by atoms with van der Waals surface area (Å²) in [5, 5.41) is 0.354. The average Bonchev–Trinajstić information content (AvgIpc) is 3.62. The van der Waals surface area contributed by atoms with E-state index >= 15 is 0 Å². The van der Waals surface area contributed by atoms with E-state index in [0.717, 1.165) is 29.4 Å². The SMILES string of the molecule is COc1ccccc1[C@@H](Cn1c(=O)n(C(C)(C)C(=O)N2CCC2)c(=O)c2c(C)c(-c3ncco3)sc21)OC1CCOCC1. The number of carbonyl (C=O) groups excluding carboxylic acids is 1. The second-order valence-electron chi connectivity index (χ2n) is 11.5. The summed E-state index contributed by atoms with van der Waals surface area (Å²) < 4.78 is 26.2. The van der Waals surface area contributed by atoms with Gasteiger partial charge in [-0.2, -0.15) is 0 Å². The molecule has 0 unspecified atom stereocenters. The minimum Gasteiger partial charge on any atom is -0.496 e. The number of oxazole rings is 1. The third-order valence-corrected chi connectivity index (χ3v) is 9.73. The van der Waals surface area contributed by atoms with Crippen molar-refractivity contribution in [2.75, 3.05) is 33.4 Å². The lowest BCUT2D eigenvalue weighted by Crippen LogP contribution is -2.59. The van der Waals surface area contributed by atoms with E-state index in [4.69, 9.17) is 18.6 Å². The molecule has 0 saturated carbocycles. The molecule has 4 aromatic rings. The number of rotatable bonds is 9. The van der Waals surface area contributed by atoms with Crippen LogP contribution in [0.3, 0.4) is 0 Å². The fraction of sp³-hybridized carbons (Fsp3) is 0.484. The van der Waals surface area contributed by atoms with Gasteiger partial charge in [0.1, 0.15) is 28.5 Å². The number of likely N-dealkylation sites (tertiary alicyclic amines) is 1. The summed E-state index contributed by atoms with van der Waals surface area (Å²) >= 11 is 1.27. The molecule has 2 aliphatic heterocycles. The first kappa shape index (κ1) is 29.3. The molecule has 0 N–H and O–H groups in total. The van der Waals surface area contributed by atoms with Gasteiger partial charge < -0.3 is 23.5 Å². The molecule has 1 aromatic carbocycles. The molecule has 1 atom stereocenters. The van der Waals surface area contributed by atoms with Gasteiger partial charge in [0.2, 0.25) is 11.8 Å². The summed E-state index contributed by atoms with van der Waals surface area (Å²) in [5.74, 6) is 0.733. The number of aryl methyl sites for hydroxylation is 1. The molecule has 0 aliphatic carbocycles. The zero-order chi connectivity index (χ0) is 30.3. The van der Waals surface area contributed by atoms with E-state index in [1.54, 1.807) is 36.6 Å². The third kappa shape index (κ3) is 5.21. The lowest BCUT2D eigenvalue weighted by atomic mass is 10.00. The predicted molar refractivity (Wildman–Crippen MR) is 162 cm³/mol. The zero-order valence-electron chi connectivity index (χ0n) is 24.8. The van der Waals surface area contributed by atoms with E-state index in [9.17, 15) is 14.4 Å². The van der Waals surface area contributed by atoms with Gasteiger partial charge in [-0.25, -0.2) is 14.3 Å². The molecule has 2 aliphatic rings. The number of aromatic nitrogens is 3. The highest BCUT2D eigenvalue weighted by molar-refractivity contribution is 7.22. The van der Waals surface area contributed by atoms with Gasteiger partial charge in [0.25, 0.3) is 5.56 Å².